The largest absolute Gasteiger partial charge is 0.707 e. The molecule has 0 aliphatic carbocycles. The molecule has 4 aromatic carbocycles. The zero-order chi connectivity index (χ0) is 18.8. The van der Waals surface area contributed by atoms with E-state index in [1.807, 2.05) is 48.5 Å². The Morgan fingerprint density at radius 1 is 0.741 bits per heavy atom. The second-order valence-electron chi connectivity index (χ2n) is 6.69. The van der Waals surface area contributed by atoms with Crippen molar-refractivity contribution in [2.24, 2.45) is 0 Å². The SMILES string of the molecule is CCCc1ccc(-c2c3ccccc3c(OB(O)O)c3ccccc23)cc1. The molecule has 0 heterocycles. The smallest absolute Gasteiger partial charge is 0.511 e. The van der Waals surface area contributed by atoms with Crippen LogP contribution in [-0.4, -0.2) is 17.4 Å². The van der Waals surface area contributed by atoms with Gasteiger partial charge in [-0.25, -0.2) is 0 Å². The highest BCUT2D eigenvalue weighted by Gasteiger charge is 2.20. The van der Waals surface area contributed by atoms with Crippen LogP contribution in [0.4, 0.5) is 0 Å². The normalized spacial score (nSPS) is 11.1. The molecule has 0 unspecified atom stereocenters. The minimum absolute atomic E-state index is 0.488. The van der Waals surface area contributed by atoms with Crippen LogP contribution in [0.5, 0.6) is 5.75 Å². The maximum Gasteiger partial charge on any atom is 0.707 e. The summed E-state index contributed by atoms with van der Waals surface area (Å²) in [5.41, 5.74) is 3.60. The summed E-state index contributed by atoms with van der Waals surface area (Å²) in [4.78, 5) is 0. The van der Waals surface area contributed by atoms with Gasteiger partial charge in [-0.1, -0.05) is 86.1 Å². The Hall–Kier alpha value is -2.82. The molecule has 4 heteroatoms. The van der Waals surface area contributed by atoms with Gasteiger partial charge in [-0.05, 0) is 33.9 Å². The third kappa shape index (κ3) is 3.30. The fraction of sp³-hybridized carbons (Fsp3) is 0.130. The molecule has 0 atom stereocenters. The van der Waals surface area contributed by atoms with Gasteiger partial charge in [0.25, 0.3) is 0 Å². The highest BCUT2D eigenvalue weighted by Crippen LogP contribution is 2.43. The Morgan fingerprint density at radius 2 is 1.26 bits per heavy atom. The average molecular weight is 356 g/mol. The molecule has 0 amide bonds. The first kappa shape index (κ1) is 17.6. The molecule has 0 aliphatic heterocycles. The van der Waals surface area contributed by atoms with E-state index >= 15 is 0 Å². The molecule has 0 radical (unpaired) electrons. The van der Waals surface area contributed by atoms with Crippen molar-refractivity contribution in [3.8, 4) is 16.9 Å². The van der Waals surface area contributed by atoms with Crippen LogP contribution in [-0.2, 0) is 6.42 Å². The molecule has 0 fully saturated rings. The van der Waals surface area contributed by atoms with Crippen molar-refractivity contribution in [1.82, 2.24) is 0 Å². The van der Waals surface area contributed by atoms with E-state index in [0.717, 1.165) is 45.5 Å². The number of hydrogen-bond donors (Lipinski definition) is 2. The lowest BCUT2D eigenvalue weighted by atomic mass is 9.90. The highest BCUT2D eigenvalue weighted by atomic mass is 16.6. The molecule has 0 bridgehead atoms. The maximum absolute atomic E-state index is 9.43. The van der Waals surface area contributed by atoms with E-state index in [4.69, 9.17) is 4.65 Å². The lowest BCUT2D eigenvalue weighted by Crippen LogP contribution is -2.21. The van der Waals surface area contributed by atoms with Crippen molar-refractivity contribution in [2.75, 3.05) is 0 Å². The highest BCUT2D eigenvalue weighted by molar-refractivity contribution is 6.35. The Bertz CT molecular complexity index is 1030. The first-order chi connectivity index (χ1) is 13.2. The Labute approximate surface area is 159 Å². The lowest BCUT2D eigenvalue weighted by molar-refractivity contribution is 0.291. The van der Waals surface area contributed by atoms with Gasteiger partial charge in [0.15, 0.2) is 0 Å². The molecule has 2 N–H and O–H groups in total. The maximum atomic E-state index is 9.43. The minimum Gasteiger partial charge on any atom is -0.511 e. The molecule has 27 heavy (non-hydrogen) atoms. The number of rotatable bonds is 5. The van der Waals surface area contributed by atoms with E-state index in [9.17, 15) is 10.0 Å². The van der Waals surface area contributed by atoms with Crippen molar-refractivity contribution < 1.29 is 14.7 Å². The van der Waals surface area contributed by atoms with Crippen LogP contribution in [0.1, 0.15) is 18.9 Å². The predicted molar refractivity (Wildman–Crippen MR) is 112 cm³/mol. The summed E-state index contributed by atoms with van der Waals surface area (Å²) < 4.78 is 5.39. The topological polar surface area (TPSA) is 49.7 Å². The van der Waals surface area contributed by atoms with Gasteiger partial charge in [0, 0.05) is 10.8 Å². The van der Waals surface area contributed by atoms with Crippen LogP contribution in [0.15, 0.2) is 72.8 Å². The molecular formula is C23H21BO3. The molecule has 0 aliphatic rings. The molecule has 0 saturated carbocycles. The summed E-state index contributed by atoms with van der Waals surface area (Å²) in [7, 11) is -1.86. The minimum atomic E-state index is -1.86. The molecule has 0 spiro atoms. The summed E-state index contributed by atoms with van der Waals surface area (Å²) in [6.45, 7) is 2.18. The average Bonchev–Trinajstić information content (AvgIpc) is 2.69. The van der Waals surface area contributed by atoms with E-state index < -0.39 is 7.32 Å². The van der Waals surface area contributed by atoms with Gasteiger partial charge in [-0.2, -0.15) is 0 Å². The zero-order valence-electron chi connectivity index (χ0n) is 15.2. The summed E-state index contributed by atoms with van der Waals surface area (Å²) in [5.74, 6) is 0.488. The lowest BCUT2D eigenvalue weighted by Gasteiger charge is -2.17. The fourth-order valence-electron chi connectivity index (χ4n) is 3.76. The molecule has 4 rings (SSSR count). The third-order valence-electron chi connectivity index (χ3n) is 4.89. The van der Waals surface area contributed by atoms with Gasteiger partial charge in [-0.15, -0.1) is 0 Å². The van der Waals surface area contributed by atoms with Crippen LogP contribution < -0.4 is 4.65 Å². The van der Waals surface area contributed by atoms with Crippen LogP contribution >= 0.6 is 0 Å². The molecule has 134 valence electrons. The quantitative estimate of drug-likeness (QED) is 0.392. The standard InChI is InChI=1S/C23H21BO3/c1-2-7-16-12-14-17(15-13-16)22-18-8-3-5-10-20(18)23(27-24(25)26)21-11-6-4-9-19(21)22/h3-6,8-15,25-26H,2,7H2,1H3. The number of aryl methyl sites for hydroxylation is 1. The Morgan fingerprint density at radius 3 is 1.74 bits per heavy atom. The van der Waals surface area contributed by atoms with E-state index in [1.54, 1.807) is 0 Å². The van der Waals surface area contributed by atoms with Gasteiger partial charge in [0.05, 0.1) is 0 Å². The van der Waals surface area contributed by atoms with Crippen LogP contribution in [0, 0.1) is 0 Å². The Balaban J connectivity index is 2.04. The molecule has 0 aromatic heterocycles. The van der Waals surface area contributed by atoms with Crippen molar-refractivity contribution in [3.05, 3.63) is 78.4 Å². The van der Waals surface area contributed by atoms with E-state index in [1.165, 1.54) is 5.56 Å². The van der Waals surface area contributed by atoms with Crippen LogP contribution in [0.25, 0.3) is 32.7 Å². The summed E-state index contributed by atoms with van der Waals surface area (Å²) in [6.07, 6.45) is 2.20. The summed E-state index contributed by atoms with van der Waals surface area (Å²) in [6, 6.07) is 24.6. The van der Waals surface area contributed by atoms with Gasteiger partial charge < -0.3 is 14.7 Å². The second kappa shape index (κ2) is 7.43. The monoisotopic (exact) mass is 356 g/mol. The van der Waals surface area contributed by atoms with Gasteiger partial charge in [0.2, 0.25) is 0 Å². The predicted octanol–water partition coefficient (Wildman–Crippen LogP) is 4.96. The number of fused-ring (bicyclic) bond motifs is 2. The van der Waals surface area contributed by atoms with E-state index in [0.29, 0.717) is 5.75 Å². The van der Waals surface area contributed by atoms with Crippen molar-refractivity contribution in [2.45, 2.75) is 19.8 Å². The fourth-order valence-corrected chi connectivity index (χ4v) is 3.76. The molecule has 0 saturated heterocycles. The first-order valence-corrected chi connectivity index (χ1v) is 9.24. The molecule has 4 aromatic rings. The van der Waals surface area contributed by atoms with E-state index in [2.05, 4.69) is 31.2 Å². The van der Waals surface area contributed by atoms with Crippen LogP contribution in [0.3, 0.4) is 0 Å². The third-order valence-corrected chi connectivity index (χ3v) is 4.89. The van der Waals surface area contributed by atoms with Crippen LogP contribution in [0.2, 0.25) is 0 Å². The summed E-state index contributed by atoms with van der Waals surface area (Å²) in [5, 5.41) is 22.6. The second-order valence-corrected chi connectivity index (χ2v) is 6.69. The first-order valence-electron chi connectivity index (χ1n) is 9.24. The zero-order valence-corrected chi connectivity index (χ0v) is 15.2. The molecule has 3 nitrogen and oxygen atoms in total. The van der Waals surface area contributed by atoms with Gasteiger partial charge >= 0.3 is 7.32 Å². The number of benzene rings is 4. The van der Waals surface area contributed by atoms with Gasteiger partial charge in [-0.3, -0.25) is 0 Å². The Kier molecular flexibility index (Phi) is 4.84. The van der Waals surface area contributed by atoms with Crippen molar-refractivity contribution in [3.63, 3.8) is 0 Å². The van der Waals surface area contributed by atoms with Crippen molar-refractivity contribution in [1.29, 1.82) is 0 Å². The van der Waals surface area contributed by atoms with E-state index in [-0.39, 0.29) is 0 Å². The van der Waals surface area contributed by atoms with Gasteiger partial charge in [0.1, 0.15) is 5.75 Å². The molecular weight excluding hydrogens is 335 g/mol. The van der Waals surface area contributed by atoms with Crippen molar-refractivity contribution >= 4 is 28.9 Å². The number of hydrogen-bond acceptors (Lipinski definition) is 3. The summed E-state index contributed by atoms with van der Waals surface area (Å²) >= 11 is 0.